The van der Waals surface area contributed by atoms with E-state index in [2.05, 4.69) is 18.8 Å². The first-order chi connectivity index (χ1) is 11.1. The predicted molar refractivity (Wildman–Crippen MR) is 84.9 cm³/mol. The van der Waals surface area contributed by atoms with Crippen molar-refractivity contribution in [2.45, 2.75) is 45.1 Å². The first-order valence-corrected chi connectivity index (χ1v) is 7.49. The number of hydrogen-bond acceptors (Lipinski definition) is 7. The predicted octanol–water partition coefficient (Wildman–Crippen LogP) is 1.55. The number of nitro groups is 1. The number of nitrogens with two attached hydrogens (primary N) is 2. The topological polar surface area (TPSA) is 151 Å². The van der Waals surface area contributed by atoms with Crippen LogP contribution in [0.25, 0.3) is 0 Å². The lowest BCUT2D eigenvalue weighted by molar-refractivity contribution is -0.384. The van der Waals surface area contributed by atoms with Crippen LogP contribution in [0.1, 0.15) is 50.0 Å². The van der Waals surface area contributed by atoms with Crippen LogP contribution >= 0.6 is 0 Å². The van der Waals surface area contributed by atoms with E-state index in [1.54, 1.807) is 0 Å². The number of primary amides is 1. The Kier molecular flexibility index (Phi) is 4.46. The van der Waals surface area contributed by atoms with Gasteiger partial charge in [-0.25, -0.2) is 9.78 Å². The Morgan fingerprint density at radius 1 is 1.29 bits per heavy atom. The molecule has 0 saturated heterocycles. The quantitative estimate of drug-likeness (QED) is 0.480. The Morgan fingerprint density at radius 3 is 2.33 bits per heavy atom. The Morgan fingerprint density at radius 2 is 1.88 bits per heavy atom. The van der Waals surface area contributed by atoms with E-state index in [0.717, 1.165) is 12.3 Å². The zero-order valence-electron chi connectivity index (χ0n) is 13.6. The first kappa shape index (κ1) is 17.6. The van der Waals surface area contributed by atoms with Crippen LogP contribution in [0.3, 0.4) is 0 Å². The lowest BCUT2D eigenvalue weighted by Gasteiger charge is -2.40. The molecule has 0 aliphatic heterocycles. The monoisotopic (exact) mass is 336 g/mol. The van der Waals surface area contributed by atoms with Gasteiger partial charge in [0.25, 0.3) is 5.91 Å². The Hall–Kier alpha value is -2.71. The summed E-state index contributed by atoms with van der Waals surface area (Å²) in [5.74, 6) is -1.59. The highest BCUT2D eigenvalue weighted by molar-refractivity contribution is 5.93. The zero-order chi connectivity index (χ0) is 18.1. The van der Waals surface area contributed by atoms with Crippen LogP contribution in [0, 0.1) is 15.5 Å². The fourth-order valence-electron chi connectivity index (χ4n) is 2.69. The van der Waals surface area contributed by atoms with Crippen LogP contribution in [0.4, 0.5) is 11.4 Å². The average Bonchev–Trinajstić information content (AvgIpc) is 2.48. The number of carbonyl (C=O) groups is 2. The molecule has 1 amide bonds. The van der Waals surface area contributed by atoms with Gasteiger partial charge in [-0.15, -0.1) is 0 Å². The number of nitrogen functional groups attached to an aromatic ring is 1. The van der Waals surface area contributed by atoms with Gasteiger partial charge in [-0.1, -0.05) is 13.8 Å². The maximum Gasteiger partial charge on any atom is 0.358 e. The SMILES string of the molecule is CC1(C)CCC(OC(=O)c2cc(N)c([N+](=O)[O-])cn2)(C(N)=O)CC1. The van der Waals surface area contributed by atoms with Crippen LogP contribution in [0.5, 0.6) is 0 Å². The van der Waals surface area contributed by atoms with Crippen molar-refractivity contribution >= 4 is 23.3 Å². The van der Waals surface area contributed by atoms with E-state index in [9.17, 15) is 19.7 Å². The van der Waals surface area contributed by atoms with Crippen molar-refractivity contribution in [1.29, 1.82) is 0 Å². The van der Waals surface area contributed by atoms with Crippen LogP contribution in [0.15, 0.2) is 12.3 Å². The lowest BCUT2D eigenvalue weighted by atomic mass is 9.70. The van der Waals surface area contributed by atoms with E-state index in [1.165, 1.54) is 0 Å². The molecule has 1 fully saturated rings. The maximum absolute atomic E-state index is 12.3. The minimum Gasteiger partial charge on any atom is -0.444 e. The zero-order valence-corrected chi connectivity index (χ0v) is 13.6. The summed E-state index contributed by atoms with van der Waals surface area (Å²) in [6, 6.07) is 1.06. The van der Waals surface area contributed by atoms with E-state index in [4.69, 9.17) is 16.2 Å². The molecule has 1 aromatic rings. The van der Waals surface area contributed by atoms with Gasteiger partial charge in [-0.2, -0.15) is 0 Å². The van der Waals surface area contributed by atoms with Gasteiger partial charge in [0.15, 0.2) is 11.3 Å². The van der Waals surface area contributed by atoms with Gasteiger partial charge in [0.2, 0.25) is 0 Å². The van der Waals surface area contributed by atoms with Gasteiger partial charge in [0.1, 0.15) is 11.9 Å². The average molecular weight is 336 g/mol. The molecule has 130 valence electrons. The van der Waals surface area contributed by atoms with Crippen molar-refractivity contribution in [1.82, 2.24) is 4.98 Å². The summed E-state index contributed by atoms with van der Waals surface area (Å²) in [4.78, 5) is 37.9. The molecule has 24 heavy (non-hydrogen) atoms. The van der Waals surface area contributed by atoms with E-state index >= 15 is 0 Å². The lowest BCUT2D eigenvalue weighted by Crippen LogP contribution is -2.51. The molecular weight excluding hydrogens is 316 g/mol. The van der Waals surface area contributed by atoms with Crippen LogP contribution in [-0.2, 0) is 9.53 Å². The number of carbonyl (C=O) groups excluding carboxylic acids is 2. The van der Waals surface area contributed by atoms with Crippen molar-refractivity contribution in [2.24, 2.45) is 11.1 Å². The Bertz CT molecular complexity index is 691. The Labute approximate surface area is 138 Å². The normalized spacial score (nSPS) is 18.6. The number of aromatic nitrogens is 1. The minimum absolute atomic E-state index is 0.0431. The molecule has 0 bridgehead atoms. The number of ether oxygens (including phenoxy) is 1. The van der Waals surface area contributed by atoms with Crippen molar-refractivity contribution < 1.29 is 19.2 Å². The Balaban J connectivity index is 2.22. The van der Waals surface area contributed by atoms with Crippen molar-refractivity contribution in [3.63, 3.8) is 0 Å². The van der Waals surface area contributed by atoms with Gasteiger partial charge in [0, 0.05) is 6.07 Å². The number of hydrogen-bond donors (Lipinski definition) is 2. The van der Waals surface area contributed by atoms with E-state index in [1.807, 2.05) is 0 Å². The number of rotatable bonds is 4. The molecule has 0 unspecified atom stereocenters. The molecule has 1 aliphatic rings. The number of nitrogens with zero attached hydrogens (tertiary/aromatic N) is 2. The van der Waals surface area contributed by atoms with Crippen molar-refractivity contribution in [2.75, 3.05) is 5.73 Å². The summed E-state index contributed by atoms with van der Waals surface area (Å²) in [6.45, 7) is 4.14. The van der Waals surface area contributed by atoms with Crippen molar-refractivity contribution in [3.05, 3.63) is 28.1 Å². The summed E-state index contributed by atoms with van der Waals surface area (Å²) in [6.07, 6.45) is 2.89. The third kappa shape index (κ3) is 3.44. The molecular formula is C15H20N4O5. The largest absolute Gasteiger partial charge is 0.444 e. The molecule has 1 aromatic heterocycles. The van der Waals surface area contributed by atoms with Gasteiger partial charge < -0.3 is 16.2 Å². The molecule has 0 aromatic carbocycles. The molecule has 0 radical (unpaired) electrons. The molecule has 9 nitrogen and oxygen atoms in total. The van der Waals surface area contributed by atoms with E-state index in [0.29, 0.717) is 25.7 Å². The number of pyridine rings is 1. The summed E-state index contributed by atoms with van der Waals surface area (Å²) in [5, 5.41) is 10.7. The van der Waals surface area contributed by atoms with Crippen LogP contribution < -0.4 is 11.5 Å². The smallest absolute Gasteiger partial charge is 0.358 e. The molecule has 2 rings (SSSR count). The highest BCUT2D eigenvalue weighted by Gasteiger charge is 2.46. The number of anilines is 1. The summed E-state index contributed by atoms with van der Waals surface area (Å²) < 4.78 is 5.37. The second-order valence-electron chi connectivity index (χ2n) is 6.80. The van der Waals surface area contributed by atoms with Gasteiger partial charge in [0.05, 0.1) is 4.92 Å². The van der Waals surface area contributed by atoms with Gasteiger partial charge in [-0.3, -0.25) is 14.9 Å². The van der Waals surface area contributed by atoms with E-state index in [-0.39, 0.29) is 16.8 Å². The third-order valence-corrected chi connectivity index (χ3v) is 4.47. The van der Waals surface area contributed by atoms with Crippen LogP contribution in [0.2, 0.25) is 0 Å². The molecule has 4 N–H and O–H groups in total. The van der Waals surface area contributed by atoms with E-state index < -0.39 is 28.1 Å². The summed E-state index contributed by atoms with van der Waals surface area (Å²) in [5.41, 5.74) is 8.84. The standard InChI is InChI=1S/C15H20N4O5/c1-14(2)3-5-15(6-4-14,13(17)21)24-12(20)10-7-9(16)11(8-18-10)19(22)23/h7-8H,3-6H2,1-2H3,(H2,16,18)(H2,17,21). The number of amides is 1. The fraction of sp³-hybridized carbons (Fsp3) is 0.533. The summed E-state index contributed by atoms with van der Waals surface area (Å²) in [7, 11) is 0. The molecule has 1 saturated carbocycles. The molecule has 1 heterocycles. The molecule has 0 spiro atoms. The summed E-state index contributed by atoms with van der Waals surface area (Å²) >= 11 is 0. The van der Waals surface area contributed by atoms with Crippen molar-refractivity contribution in [3.8, 4) is 0 Å². The van der Waals surface area contributed by atoms with Gasteiger partial charge in [-0.05, 0) is 31.1 Å². The fourth-order valence-corrected chi connectivity index (χ4v) is 2.69. The number of esters is 1. The third-order valence-electron chi connectivity index (χ3n) is 4.47. The van der Waals surface area contributed by atoms with Gasteiger partial charge >= 0.3 is 11.7 Å². The first-order valence-electron chi connectivity index (χ1n) is 7.49. The highest BCUT2D eigenvalue weighted by Crippen LogP contribution is 2.42. The molecule has 1 aliphatic carbocycles. The second-order valence-corrected chi connectivity index (χ2v) is 6.80. The highest BCUT2D eigenvalue weighted by atomic mass is 16.6. The second kappa shape index (κ2) is 6.06. The molecule has 0 atom stereocenters. The molecule has 9 heteroatoms. The minimum atomic E-state index is -1.38. The van der Waals surface area contributed by atoms with Crippen LogP contribution in [-0.4, -0.2) is 27.4 Å². The maximum atomic E-state index is 12.3.